The van der Waals surface area contributed by atoms with E-state index < -0.39 is 17.4 Å². The second kappa shape index (κ2) is 14.5. The molecule has 49 heavy (non-hydrogen) atoms. The van der Waals surface area contributed by atoms with E-state index in [-0.39, 0.29) is 17.6 Å². The Bertz CT molecular complexity index is 1560. The van der Waals surface area contributed by atoms with E-state index in [9.17, 15) is 14.4 Å². The summed E-state index contributed by atoms with van der Waals surface area (Å²) in [7, 11) is 3.04. The number of Topliss-reactive ketones (excluding diaryl/α,β-unsaturated/α-hetero) is 1. The largest absolute Gasteiger partial charge is 0.490 e. The van der Waals surface area contributed by atoms with Crippen molar-refractivity contribution in [2.75, 3.05) is 51.9 Å². The van der Waals surface area contributed by atoms with Gasteiger partial charge >= 0.3 is 12.1 Å². The lowest BCUT2D eigenvalue weighted by Crippen LogP contribution is -2.50. The first kappa shape index (κ1) is 35.5. The van der Waals surface area contributed by atoms with Gasteiger partial charge in [-0.25, -0.2) is 9.59 Å². The van der Waals surface area contributed by atoms with Crippen LogP contribution in [0.5, 0.6) is 5.75 Å². The number of nitrogens with zero attached hydrogens (tertiary/aromatic N) is 2. The summed E-state index contributed by atoms with van der Waals surface area (Å²) in [6, 6.07) is 11.5. The molecule has 2 aliphatic carbocycles. The van der Waals surface area contributed by atoms with Gasteiger partial charge in [-0.2, -0.15) is 0 Å². The molecule has 9 nitrogen and oxygen atoms in total. The predicted molar refractivity (Wildman–Crippen MR) is 189 cm³/mol. The van der Waals surface area contributed by atoms with Gasteiger partial charge in [0.15, 0.2) is 0 Å². The Balaban J connectivity index is 1.21. The monoisotopic (exact) mass is 694 g/mol. The maximum Gasteiger partial charge on any atom is 0.410 e. The van der Waals surface area contributed by atoms with Crippen LogP contribution in [0.3, 0.4) is 0 Å². The second-order valence-corrected chi connectivity index (χ2v) is 16.0. The maximum absolute atomic E-state index is 12.9. The number of esters is 1. The molecule has 0 radical (unpaired) electrons. The maximum atomic E-state index is 12.9. The summed E-state index contributed by atoms with van der Waals surface area (Å²) in [6.45, 7) is 9.11. The van der Waals surface area contributed by atoms with Crippen molar-refractivity contribution >= 4 is 35.1 Å². The number of rotatable bonds is 8. The quantitative estimate of drug-likeness (QED) is 0.162. The zero-order valence-electron chi connectivity index (χ0n) is 29.6. The first-order valence-electron chi connectivity index (χ1n) is 17.8. The molecule has 0 aromatic heterocycles. The molecule has 0 bridgehead atoms. The molecule has 4 aliphatic rings. The van der Waals surface area contributed by atoms with E-state index in [1.54, 1.807) is 17.0 Å². The first-order chi connectivity index (χ1) is 23.4. The number of hydrogen-bond acceptors (Lipinski definition) is 8. The molecule has 6 rings (SSSR count). The Morgan fingerprint density at radius 3 is 2.65 bits per heavy atom. The minimum absolute atomic E-state index is 0.172. The minimum Gasteiger partial charge on any atom is -0.490 e. The van der Waals surface area contributed by atoms with Crippen LogP contribution in [0.25, 0.3) is 0 Å². The van der Waals surface area contributed by atoms with Crippen LogP contribution in [0, 0.1) is 17.8 Å². The Labute approximate surface area is 295 Å². The highest BCUT2D eigenvalue weighted by atomic mass is 35.5. The SMILES string of the molecule is COC(=O)C(=O)c1ccc2c(c1)N(C[C@@H]1CC[C@H]1[C@@H]1C[C@H](CCN(C)C(=O)OC(C)(C)C)CCO1)C[C@@]1(CCCc3cc(Cl)ccc31)CO2. The van der Waals surface area contributed by atoms with Crippen molar-refractivity contribution in [2.24, 2.45) is 17.8 Å². The Morgan fingerprint density at radius 2 is 1.92 bits per heavy atom. The van der Waals surface area contributed by atoms with Crippen LogP contribution in [0.15, 0.2) is 36.4 Å². The van der Waals surface area contributed by atoms with Gasteiger partial charge in [0.1, 0.15) is 11.4 Å². The van der Waals surface area contributed by atoms with Crippen LogP contribution in [0.4, 0.5) is 10.5 Å². The molecule has 0 N–H and O–H groups in total. The standard InChI is InChI=1S/C39H51ClN2O7/c1-38(2,3)49-37(45)41(4)17-14-25-15-18-47-34(19-25)30-11-8-28(30)22-42-23-39(16-6-7-26-20-29(40)10-12-31(26)39)24-48-33-13-9-27(21-32(33)42)35(43)36(44)46-5/h9-10,12-13,20-21,25,28,30,34H,6-8,11,14-19,22-24H2,1-5H3/t25-,28+,30-,34+,39+/m1/s1. The summed E-state index contributed by atoms with van der Waals surface area (Å²) in [5.41, 5.74) is 2.94. The number of benzene rings is 2. The van der Waals surface area contributed by atoms with E-state index >= 15 is 0 Å². The van der Waals surface area contributed by atoms with Gasteiger partial charge in [0.25, 0.3) is 5.78 Å². The molecule has 0 unspecified atom stereocenters. The third kappa shape index (κ3) is 7.88. The highest BCUT2D eigenvalue weighted by Crippen LogP contribution is 2.48. The summed E-state index contributed by atoms with van der Waals surface area (Å²) < 4.78 is 23.4. The topological polar surface area (TPSA) is 94.6 Å². The van der Waals surface area contributed by atoms with Crippen LogP contribution in [-0.2, 0) is 30.8 Å². The molecule has 5 atom stereocenters. The van der Waals surface area contributed by atoms with Crippen molar-refractivity contribution in [1.82, 2.24) is 4.90 Å². The number of carbonyl (C=O) groups is 3. The summed E-state index contributed by atoms with van der Waals surface area (Å²) >= 11 is 6.44. The Morgan fingerprint density at radius 1 is 1.10 bits per heavy atom. The fourth-order valence-corrected chi connectivity index (χ4v) is 8.52. The number of aryl methyl sites for hydroxylation is 1. The van der Waals surface area contributed by atoms with Crippen molar-refractivity contribution in [3.05, 3.63) is 58.1 Å². The van der Waals surface area contributed by atoms with E-state index in [2.05, 4.69) is 17.0 Å². The van der Waals surface area contributed by atoms with Crippen molar-refractivity contribution in [3.63, 3.8) is 0 Å². The molecular weight excluding hydrogens is 644 g/mol. The first-order valence-corrected chi connectivity index (χ1v) is 18.2. The number of carbonyl (C=O) groups excluding carboxylic acids is 3. The number of halogens is 1. The van der Waals surface area contributed by atoms with Gasteiger partial charge in [0, 0.05) is 49.3 Å². The van der Waals surface area contributed by atoms with Crippen molar-refractivity contribution in [1.29, 1.82) is 0 Å². The van der Waals surface area contributed by atoms with Gasteiger partial charge in [-0.05, 0) is 131 Å². The van der Waals surface area contributed by atoms with Gasteiger partial charge in [0.2, 0.25) is 0 Å². The van der Waals surface area contributed by atoms with Crippen LogP contribution in [0.1, 0.15) is 87.2 Å². The van der Waals surface area contributed by atoms with Gasteiger partial charge in [-0.1, -0.05) is 17.7 Å². The number of ketones is 1. The summed E-state index contributed by atoms with van der Waals surface area (Å²) in [5, 5.41) is 0.746. The van der Waals surface area contributed by atoms with E-state index in [0.717, 1.165) is 87.5 Å². The molecule has 266 valence electrons. The highest BCUT2D eigenvalue weighted by molar-refractivity contribution is 6.40. The summed E-state index contributed by atoms with van der Waals surface area (Å²) in [5.74, 6) is 0.492. The summed E-state index contributed by atoms with van der Waals surface area (Å²) in [6.07, 6.45) is 8.02. The second-order valence-electron chi connectivity index (χ2n) is 15.6. The fourth-order valence-electron chi connectivity index (χ4n) is 8.33. The Kier molecular flexibility index (Phi) is 10.5. The smallest absolute Gasteiger partial charge is 0.410 e. The molecule has 10 heteroatoms. The van der Waals surface area contributed by atoms with E-state index in [1.165, 1.54) is 18.2 Å². The molecule has 2 heterocycles. The average molecular weight is 695 g/mol. The van der Waals surface area contributed by atoms with E-state index in [1.807, 2.05) is 40.0 Å². The lowest BCUT2D eigenvalue weighted by Gasteiger charge is -2.48. The predicted octanol–water partition coefficient (Wildman–Crippen LogP) is 7.25. The molecule has 2 aliphatic heterocycles. The van der Waals surface area contributed by atoms with Gasteiger partial charge in [-0.15, -0.1) is 0 Å². The van der Waals surface area contributed by atoms with Crippen LogP contribution < -0.4 is 9.64 Å². The van der Waals surface area contributed by atoms with Crippen molar-refractivity contribution in [3.8, 4) is 5.75 Å². The molecule has 1 saturated carbocycles. The molecule has 1 spiro atoms. The molecular formula is C39H51ClN2O7. The van der Waals surface area contributed by atoms with Gasteiger partial charge < -0.3 is 28.7 Å². The van der Waals surface area contributed by atoms with Gasteiger partial charge in [-0.3, -0.25) is 4.79 Å². The van der Waals surface area contributed by atoms with Crippen LogP contribution in [0.2, 0.25) is 5.02 Å². The molecule has 1 saturated heterocycles. The third-order valence-corrected chi connectivity index (χ3v) is 11.3. The molecule has 2 aromatic carbocycles. The van der Waals surface area contributed by atoms with Crippen molar-refractivity contribution in [2.45, 2.75) is 89.3 Å². The minimum atomic E-state index is -0.879. The number of amides is 1. The van der Waals surface area contributed by atoms with Crippen molar-refractivity contribution < 1.29 is 33.3 Å². The summed E-state index contributed by atoms with van der Waals surface area (Å²) in [4.78, 5) is 41.8. The third-order valence-electron chi connectivity index (χ3n) is 11.1. The lowest BCUT2D eigenvalue weighted by atomic mass is 9.67. The van der Waals surface area contributed by atoms with Gasteiger partial charge in [0.05, 0.1) is 25.5 Å². The number of fused-ring (bicyclic) bond motifs is 3. The number of methoxy groups -OCH3 is 1. The number of hydrogen-bond donors (Lipinski definition) is 0. The van der Waals surface area contributed by atoms with Crippen LogP contribution >= 0.6 is 11.6 Å². The zero-order valence-corrected chi connectivity index (χ0v) is 30.4. The molecule has 2 aromatic rings. The normalized spacial score (nSPS) is 26.4. The highest BCUT2D eigenvalue weighted by Gasteiger charge is 2.45. The number of ether oxygens (including phenoxy) is 4. The van der Waals surface area contributed by atoms with E-state index in [4.69, 9.17) is 30.5 Å². The molecule has 2 fully saturated rings. The average Bonchev–Trinajstić information content (AvgIpc) is 3.21. The molecule has 1 amide bonds. The fraction of sp³-hybridized carbons (Fsp3) is 0.615. The van der Waals surface area contributed by atoms with Crippen LogP contribution in [-0.4, -0.2) is 81.5 Å². The zero-order chi connectivity index (χ0) is 34.9. The Hall–Kier alpha value is -3.30. The lowest BCUT2D eigenvalue weighted by molar-refractivity contribution is -0.135. The number of anilines is 1. The van der Waals surface area contributed by atoms with E-state index in [0.29, 0.717) is 36.5 Å².